The van der Waals surface area contributed by atoms with E-state index in [2.05, 4.69) is 0 Å². The summed E-state index contributed by atoms with van der Waals surface area (Å²) in [6.45, 7) is 13.1. The fourth-order valence-electron chi connectivity index (χ4n) is 2.05. The van der Waals surface area contributed by atoms with Gasteiger partial charge in [0.05, 0.1) is 11.2 Å². The minimum atomic E-state index is -1.09. The Morgan fingerprint density at radius 3 is 2.18 bits per heavy atom. The molecule has 0 aromatic rings. The zero-order chi connectivity index (χ0) is 17.3. The van der Waals surface area contributed by atoms with Gasteiger partial charge >= 0.3 is 13.2 Å². The van der Waals surface area contributed by atoms with Gasteiger partial charge in [-0.3, -0.25) is 0 Å². The van der Waals surface area contributed by atoms with E-state index < -0.39 is 23.9 Å². The topological polar surface area (TPSA) is 79.2 Å². The van der Waals surface area contributed by atoms with Crippen LogP contribution in [0, 0.1) is 0 Å². The molecule has 0 aromatic heterocycles. The highest BCUT2D eigenvalue weighted by Gasteiger charge is 2.44. The normalized spacial score (nSPS) is 20.2. The average molecular weight is 315 g/mol. The van der Waals surface area contributed by atoms with Crippen molar-refractivity contribution in [1.82, 2.24) is 4.90 Å². The van der Waals surface area contributed by atoms with Gasteiger partial charge in [-0.15, -0.1) is 0 Å². The fourth-order valence-corrected chi connectivity index (χ4v) is 2.05. The largest absolute Gasteiger partial charge is 0.459 e. The van der Waals surface area contributed by atoms with Crippen LogP contribution in [-0.4, -0.2) is 58.1 Å². The Labute approximate surface area is 133 Å². The lowest BCUT2D eigenvalue weighted by molar-refractivity contribution is -0.101. The van der Waals surface area contributed by atoms with Gasteiger partial charge in [0.2, 0.25) is 0 Å². The summed E-state index contributed by atoms with van der Waals surface area (Å²) in [5.41, 5.74) is -2.52. The maximum Gasteiger partial charge on any atom is 0.459 e. The van der Waals surface area contributed by atoms with Crippen molar-refractivity contribution in [3.63, 3.8) is 0 Å². The standard InChI is InChI=1S/C15H30BNO5/c1-13(2,3)21-12(18)17-9-8-11(10-17)16(20)22-15(6,7)14(4,5)19/h11,19-20H,8-10H2,1-7H3. The van der Waals surface area contributed by atoms with Gasteiger partial charge in [0.1, 0.15) is 5.60 Å². The van der Waals surface area contributed by atoms with Gasteiger partial charge in [-0.05, 0) is 54.9 Å². The Kier molecular flexibility index (Phi) is 5.58. The van der Waals surface area contributed by atoms with E-state index in [0.717, 1.165) is 0 Å². The zero-order valence-electron chi connectivity index (χ0n) is 14.8. The molecular weight excluding hydrogens is 285 g/mol. The van der Waals surface area contributed by atoms with Crippen LogP contribution in [0.5, 0.6) is 0 Å². The van der Waals surface area contributed by atoms with Gasteiger partial charge in [0.25, 0.3) is 0 Å². The summed E-state index contributed by atoms with van der Waals surface area (Å²) in [5, 5.41) is 20.4. The highest BCUT2D eigenvalue weighted by Crippen LogP contribution is 2.31. The number of carbonyl (C=O) groups is 1. The van der Waals surface area contributed by atoms with E-state index >= 15 is 0 Å². The Morgan fingerprint density at radius 1 is 1.18 bits per heavy atom. The molecule has 1 heterocycles. The molecule has 1 rings (SSSR count). The van der Waals surface area contributed by atoms with E-state index in [1.54, 1.807) is 32.6 Å². The average Bonchev–Trinajstić information content (AvgIpc) is 2.73. The molecular formula is C15H30BNO5. The number of ether oxygens (including phenoxy) is 1. The van der Waals surface area contributed by atoms with E-state index in [4.69, 9.17) is 9.39 Å². The van der Waals surface area contributed by atoms with Gasteiger partial charge in [-0.1, -0.05) is 0 Å². The third-order valence-electron chi connectivity index (χ3n) is 4.17. The van der Waals surface area contributed by atoms with E-state index in [9.17, 15) is 14.9 Å². The molecule has 0 bridgehead atoms. The molecule has 6 nitrogen and oxygen atoms in total. The molecule has 1 fully saturated rings. The molecule has 0 radical (unpaired) electrons. The van der Waals surface area contributed by atoms with Crippen molar-refractivity contribution < 1.29 is 24.3 Å². The molecule has 1 aliphatic heterocycles. The molecule has 0 spiro atoms. The molecule has 22 heavy (non-hydrogen) atoms. The Hall–Kier alpha value is -0.785. The highest BCUT2D eigenvalue weighted by atomic mass is 16.6. The van der Waals surface area contributed by atoms with Crippen LogP contribution in [0.2, 0.25) is 5.82 Å². The molecule has 0 aliphatic carbocycles. The summed E-state index contributed by atoms with van der Waals surface area (Å²) in [6.07, 6.45) is 0.270. The Balaban J connectivity index is 2.58. The van der Waals surface area contributed by atoms with Crippen LogP contribution in [0.4, 0.5) is 4.79 Å². The van der Waals surface area contributed by atoms with Crippen LogP contribution in [0.15, 0.2) is 0 Å². The van der Waals surface area contributed by atoms with Crippen molar-refractivity contribution >= 4 is 13.2 Å². The van der Waals surface area contributed by atoms with Crippen LogP contribution in [0.25, 0.3) is 0 Å². The minimum Gasteiger partial charge on any atom is -0.444 e. The summed E-state index contributed by atoms with van der Waals surface area (Å²) >= 11 is 0. The van der Waals surface area contributed by atoms with Crippen LogP contribution in [-0.2, 0) is 9.39 Å². The molecule has 7 heteroatoms. The van der Waals surface area contributed by atoms with E-state index in [1.807, 2.05) is 20.8 Å². The molecule has 2 N–H and O–H groups in total. The van der Waals surface area contributed by atoms with Gasteiger partial charge in [-0.2, -0.15) is 0 Å². The van der Waals surface area contributed by atoms with Gasteiger partial charge in [0, 0.05) is 18.9 Å². The molecule has 0 aromatic carbocycles. The molecule has 1 amide bonds. The van der Waals surface area contributed by atoms with Crippen molar-refractivity contribution in [2.45, 2.75) is 77.5 Å². The number of hydrogen-bond acceptors (Lipinski definition) is 5. The summed E-state index contributed by atoms with van der Waals surface area (Å²) in [7, 11) is -1.03. The summed E-state index contributed by atoms with van der Waals surface area (Å²) in [5.74, 6) is -0.186. The summed E-state index contributed by atoms with van der Waals surface area (Å²) in [4.78, 5) is 13.6. The van der Waals surface area contributed by atoms with Crippen molar-refractivity contribution in [2.75, 3.05) is 13.1 Å². The molecule has 1 atom stereocenters. The lowest BCUT2D eigenvalue weighted by Gasteiger charge is -2.39. The van der Waals surface area contributed by atoms with Crippen molar-refractivity contribution in [1.29, 1.82) is 0 Å². The van der Waals surface area contributed by atoms with Crippen LogP contribution >= 0.6 is 0 Å². The van der Waals surface area contributed by atoms with Crippen LogP contribution in [0.3, 0.4) is 0 Å². The summed E-state index contributed by atoms with van der Waals surface area (Å²) < 4.78 is 11.0. The number of aliphatic hydroxyl groups is 1. The first-order valence-corrected chi connectivity index (χ1v) is 7.79. The minimum absolute atomic E-state index is 0.186. The molecule has 1 aliphatic rings. The van der Waals surface area contributed by atoms with E-state index in [0.29, 0.717) is 19.5 Å². The second-order valence-corrected chi connectivity index (χ2v) is 8.05. The maximum atomic E-state index is 12.0. The molecule has 128 valence electrons. The van der Waals surface area contributed by atoms with E-state index in [1.165, 1.54) is 0 Å². The van der Waals surface area contributed by atoms with E-state index in [-0.39, 0.29) is 11.9 Å². The van der Waals surface area contributed by atoms with Crippen molar-refractivity contribution in [3.8, 4) is 0 Å². The van der Waals surface area contributed by atoms with Gasteiger partial charge in [-0.25, -0.2) is 4.79 Å². The van der Waals surface area contributed by atoms with Crippen molar-refractivity contribution in [3.05, 3.63) is 0 Å². The van der Waals surface area contributed by atoms with Gasteiger partial charge in [0.15, 0.2) is 0 Å². The predicted molar refractivity (Wildman–Crippen MR) is 85.6 cm³/mol. The lowest BCUT2D eigenvalue weighted by Crippen LogP contribution is -2.51. The third kappa shape index (κ3) is 5.14. The lowest BCUT2D eigenvalue weighted by atomic mass is 9.70. The number of likely N-dealkylation sites (tertiary alicyclic amines) is 1. The molecule has 0 saturated carbocycles. The molecule has 1 saturated heterocycles. The fraction of sp³-hybridized carbons (Fsp3) is 0.933. The number of nitrogens with zero attached hydrogens (tertiary/aromatic N) is 1. The first kappa shape index (κ1) is 19.3. The predicted octanol–water partition coefficient (Wildman–Crippen LogP) is 2.04. The monoisotopic (exact) mass is 315 g/mol. The number of hydrogen-bond donors (Lipinski definition) is 2. The molecule has 1 unspecified atom stereocenters. The Morgan fingerprint density at radius 2 is 1.73 bits per heavy atom. The van der Waals surface area contributed by atoms with Crippen LogP contribution in [0.1, 0.15) is 54.9 Å². The zero-order valence-corrected chi connectivity index (χ0v) is 14.8. The third-order valence-corrected chi connectivity index (χ3v) is 4.17. The second kappa shape index (κ2) is 6.38. The number of rotatable bonds is 4. The first-order valence-electron chi connectivity index (χ1n) is 7.79. The van der Waals surface area contributed by atoms with Gasteiger partial charge < -0.3 is 24.4 Å². The quantitative estimate of drug-likeness (QED) is 0.776. The van der Waals surface area contributed by atoms with Crippen LogP contribution < -0.4 is 0 Å². The SMILES string of the molecule is CC(C)(C)OC(=O)N1CCC(B(O)OC(C)(C)C(C)(C)O)C1. The second-order valence-electron chi connectivity index (χ2n) is 8.05. The number of carbonyl (C=O) groups excluding carboxylic acids is 1. The smallest absolute Gasteiger partial charge is 0.444 e. The van der Waals surface area contributed by atoms with Crippen molar-refractivity contribution in [2.24, 2.45) is 0 Å². The first-order chi connectivity index (χ1) is 9.73. The Bertz CT molecular complexity index is 400. The highest BCUT2D eigenvalue weighted by molar-refractivity contribution is 6.45. The summed E-state index contributed by atoms with van der Waals surface area (Å²) in [6, 6.07) is 0. The maximum absolute atomic E-state index is 12.0. The number of amides is 1.